The molecule has 0 aromatic carbocycles. The van der Waals surface area contributed by atoms with Crippen LogP contribution in [0.2, 0.25) is 0 Å². The summed E-state index contributed by atoms with van der Waals surface area (Å²) in [5.41, 5.74) is 0. The zero-order valence-corrected chi connectivity index (χ0v) is 17.3. The number of nitrogens with one attached hydrogen (secondary N) is 1. The summed E-state index contributed by atoms with van der Waals surface area (Å²) in [7, 11) is 0. The average Bonchev–Trinajstić information content (AvgIpc) is 3.15. The molecular weight excluding hydrogens is 304 g/mol. The minimum absolute atomic E-state index is 0.775. The maximum absolute atomic E-state index is 3.36. The Morgan fingerprint density at radius 1 is 0.800 bits per heavy atom. The summed E-state index contributed by atoms with van der Waals surface area (Å²) in [4.78, 5) is 0. The highest BCUT2D eigenvalue weighted by molar-refractivity contribution is 5.49. The van der Waals surface area contributed by atoms with Gasteiger partial charge in [0.2, 0.25) is 6.34 Å². The number of allylic oxidation sites excluding steroid dienone is 2. The number of unbranched alkanes of at least 4 members (excludes halogenated alkanes) is 10. The molecule has 0 aliphatic carbocycles. The van der Waals surface area contributed by atoms with Crippen LogP contribution < -0.4 is 5.32 Å². The van der Waals surface area contributed by atoms with E-state index in [1.807, 2.05) is 0 Å². The van der Waals surface area contributed by atoms with Crippen LogP contribution in [-0.4, -0.2) is 30.0 Å². The molecule has 0 spiro atoms. The summed E-state index contributed by atoms with van der Waals surface area (Å²) >= 11 is 0. The van der Waals surface area contributed by atoms with Gasteiger partial charge in [0.05, 0.1) is 6.04 Å². The van der Waals surface area contributed by atoms with Gasteiger partial charge in [-0.25, -0.2) is 0 Å². The van der Waals surface area contributed by atoms with Crippen molar-refractivity contribution in [2.75, 3.05) is 13.1 Å². The smallest absolute Gasteiger partial charge is 0.232 e. The number of hydrogen-bond acceptors (Lipinski definition) is 1. The van der Waals surface area contributed by atoms with Crippen LogP contribution in [-0.2, 0) is 0 Å². The lowest BCUT2D eigenvalue weighted by atomic mass is 10.0. The van der Waals surface area contributed by atoms with E-state index in [9.17, 15) is 0 Å². The van der Waals surface area contributed by atoms with Crippen LogP contribution in [0.15, 0.2) is 12.2 Å². The molecule has 146 valence electrons. The number of hydrogen-bond donors (Lipinski definition) is 1. The molecule has 0 fully saturated rings. The van der Waals surface area contributed by atoms with E-state index in [-0.39, 0.29) is 0 Å². The Bertz CT molecular complexity index is 346. The van der Waals surface area contributed by atoms with E-state index in [1.54, 1.807) is 0 Å². The molecule has 0 bridgehead atoms. The average molecular weight is 350 g/mol. The van der Waals surface area contributed by atoms with Gasteiger partial charge in [0.15, 0.2) is 0 Å². The lowest BCUT2D eigenvalue weighted by molar-refractivity contribution is -0.555. The largest absolute Gasteiger partial charge is 0.277 e. The fraction of sp³-hybridized carbons (Fsp3) is 0.870. The predicted molar refractivity (Wildman–Crippen MR) is 113 cm³/mol. The summed E-state index contributed by atoms with van der Waals surface area (Å²) in [6.07, 6.45) is 27.7. The molecule has 1 unspecified atom stereocenters. The van der Waals surface area contributed by atoms with Crippen LogP contribution in [0.25, 0.3) is 0 Å². The Morgan fingerprint density at radius 3 is 2.04 bits per heavy atom. The molecule has 0 aromatic heterocycles. The quantitative estimate of drug-likeness (QED) is 0.181. The summed E-state index contributed by atoms with van der Waals surface area (Å²) in [5.74, 6) is 0. The highest BCUT2D eigenvalue weighted by Gasteiger charge is 2.19. The minimum Gasteiger partial charge on any atom is -0.277 e. The molecular formula is C23H45N2+. The Labute approximate surface area is 158 Å². The monoisotopic (exact) mass is 349 g/mol. The molecule has 1 rings (SSSR count). The van der Waals surface area contributed by atoms with E-state index >= 15 is 0 Å². The molecule has 0 radical (unpaired) electrons. The SMILES string of the molecule is CCCCCCCCC=CCCCCCCC(CCC)[N+]1=CNCC1. The molecule has 2 heteroatoms. The topological polar surface area (TPSA) is 15.0 Å². The zero-order chi connectivity index (χ0) is 18.0. The number of nitrogens with zero attached hydrogens (tertiary/aromatic N) is 1. The zero-order valence-electron chi connectivity index (χ0n) is 17.3. The van der Waals surface area contributed by atoms with Crippen LogP contribution in [0.1, 0.15) is 110 Å². The normalized spacial score (nSPS) is 15.5. The highest BCUT2D eigenvalue weighted by Crippen LogP contribution is 2.14. The second-order valence-electron chi connectivity index (χ2n) is 7.78. The Morgan fingerprint density at radius 2 is 1.44 bits per heavy atom. The van der Waals surface area contributed by atoms with Crippen molar-refractivity contribution < 1.29 is 4.58 Å². The van der Waals surface area contributed by atoms with E-state index in [1.165, 1.54) is 103 Å². The Hall–Kier alpha value is -0.790. The third-order valence-electron chi connectivity index (χ3n) is 5.41. The molecule has 1 aliphatic heterocycles. The Balaban J connectivity index is 1.89. The van der Waals surface area contributed by atoms with Crippen LogP contribution in [0.5, 0.6) is 0 Å². The summed E-state index contributed by atoms with van der Waals surface area (Å²) in [6, 6.07) is 0.775. The van der Waals surface area contributed by atoms with Crippen LogP contribution >= 0.6 is 0 Å². The first kappa shape index (κ1) is 22.3. The second kappa shape index (κ2) is 16.7. The molecule has 1 heterocycles. The molecule has 1 aliphatic rings. The Kier molecular flexibility index (Phi) is 14.8. The predicted octanol–water partition coefficient (Wildman–Crippen LogP) is 6.45. The van der Waals surface area contributed by atoms with Crippen molar-refractivity contribution >= 4 is 6.34 Å². The van der Waals surface area contributed by atoms with Crippen LogP contribution in [0.3, 0.4) is 0 Å². The summed E-state index contributed by atoms with van der Waals surface area (Å²) in [6.45, 7) is 6.93. The third kappa shape index (κ3) is 12.2. The molecule has 1 N–H and O–H groups in total. The van der Waals surface area contributed by atoms with E-state index < -0.39 is 0 Å². The van der Waals surface area contributed by atoms with Gasteiger partial charge in [-0.1, -0.05) is 77.4 Å². The summed E-state index contributed by atoms with van der Waals surface area (Å²) < 4.78 is 2.54. The first-order chi connectivity index (χ1) is 12.4. The van der Waals surface area contributed by atoms with Gasteiger partial charge in [-0.2, -0.15) is 0 Å². The summed E-state index contributed by atoms with van der Waals surface area (Å²) in [5, 5.41) is 3.36. The molecule has 2 nitrogen and oxygen atoms in total. The molecule has 0 saturated heterocycles. The van der Waals surface area contributed by atoms with Crippen molar-refractivity contribution in [3.8, 4) is 0 Å². The molecule has 25 heavy (non-hydrogen) atoms. The molecule has 0 amide bonds. The van der Waals surface area contributed by atoms with Gasteiger partial charge < -0.3 is 0 Å². The van der Waals surface area contributed by atoms with Crippen molar-refractivity contribution in [2.45, 2.75) is 116 Å². The fourth-order valence-electron chi connectivity index (χ4n) is 3.81. The van der Waals surface area contributed by atoms with Gasteiger partial charge >= 0.3 is 0 Å². The maximum Gasteiger partial charge on any atom is 0.232 e. The van der Waals surface area contributed by atoms with Gasteiger partial charge in [0.1, 0.15) is 13.1 Å². The first-order valence-electron chi connectivity index (χ1n) is 11.4. The number of rotatable bonds is 17. The van der Waals surface area contributed by atoms with E-state index in [2.05, 4.69) is 42.2 Å². The molecule has 1 atom stereocenters. The van der Waals surface area contributed by atoms with Crippen LogP contribution in [0.4, 0.5) is 0 Å². The van der Waals surface area contributed by atoms with Crippen molar-refractivity contribution in [3.05, 3.63) is 12.2 Å². The highest BCUT2D eigenvalue weighted by atomic mass is 15.2. The van der Waals surface area contributed by atoms with Gasteiger partial charge in [0.25, 0.3) is 0 Å². The first-order valence-corrected chi connectivity index (χ1v) is 11.4. The van der Waals surface area contributed by atoms with E-state index in [0.717, 1.165) is 12.6 Å². The van der Waals surface area contributed by atoms with Crippen molar-refractivity contribution in [3.63, 3.8) is 0 Å². The third-order valence-corrected chi connectivity index (χ3v) is 5.41. The molecule has 0 saturated carbocycles. The maximum atomic E-state index is 3.36. The van der Waals surface area contributed by atoms with Crippen LogP contribution in [0, 0.1) is 0 Å². The van der Waals surface area contributed by atoms with E-state index in [4.69, 9.17) is 0 Å². The minimum atomic E-state index is 0.775. The van der Waals surface area contributed by atoms with Crippen molar-refractivity contribution in [1.82, 2.24) is 5.32 Å². The van der Waals surface area contributed by atoms with Gasteiger partial charge in [-0.15, -0.1) is 0 Å². The van der Waals surface area contributed by atoms with Crippen molar-refractivity contribution in [2.24, 2.45) is 0 Å². The second-order valence-corrected chi connectivity index (χ2v) is 7.78. The van der Waals surface area contributed by atoms with Crippen molar-refractivity contribution in [1.29, 1.82) is 0 Å². The lowest BCUT2D eigenvalue weighted by Gasteiger charge is -2.15. The fourth-order valence-corrected chi connectivity index (χ4v) is 3.81. The van der Waals surface area contributed by atoms with Gasteiger partial charge in [-0.05, 0) is 44.9 Å². The standard InChI is InChI=1S/C23H44N2/c1-3-5-6-7-8-9-10-11-12-13-14-15-16-17-19-23(18-4-2)25-21-20-24-22-25/h11-12,22-23H,3-10,13-21H2,1-2H3/p+1. The van der Waals surface area contributed by atoms with Gasteiger partial charge in [0, 0.05) is 0 Å². The van der Waals surface area contributed by atoms with Gasteiger partial charge in [-0.3, -0.25) is 9.89 Å². The van der Waals surface area contributed by atoms with E-state index in [0.29, 0.717) is 0 Å². The molecule has 0 aromatic rings. The lowest BCUT2D eigenvalue weighted by Crippen LogP contribution is -2.25.